The minimum Gasteiger partial charge on any atom is -0.353 e. The Balaban J connectivity index is 1.65. The van der Waals surface area contributed by atoms with E-state index in [4.69, 9.17) is 0 Å². The first-order valence-corrected chi connectivity index (χ1v) is 8.52. The molecule has 2 rings (SSSR count). The van der Waals surface area contributed by atoms with E-state index in [2.05, 4.69) is 24.5 Å². The van der Waals surface area contributed by atoms with E-state index in [1.165, 1.54) is 17.1 Å². The van der Waals surface area contributed by atoms with Crippen molar-refractivity contribution in [3.05, 3.63) is 12.2 Å². The molecule has 0 radical (unpaired) electrons. The Labute approximate surface area is 137 Å². The van der Waals surface area contributed by atoms with Gasteiger partial charge in [-0.15, -0.1) is 0 Å². The van der Waals surface area contributed by atoms with Gasteiger partial charge in [0.25, 0.3) is 11.8 Å². The Morgan fingerprint density at radius 2 is 1.78 bits per heavy atom. The van der Waals surface area contributed by atoms with Crippen LogP contribution in [0.5, 0.6) is 0 Å². The molecule has 0 aromatic heterocycles. The number of nitrogens with zero attached hydrogens (tertiary/aromatic N) is 1. The molecule has 23 heavy (non-hydrogen) atoms. The van der Waals surface area contributed by atoms with Crippen molar-refractivity contribution in [1.29, 1.82) is 0 Å². The van der Waals surface area contributed by atoms with E-state index in [-0.39, 0.29) is 23.8 Å². The number of rotatable bonds is 7. The summed E-state index contributed by atoms with van der Waals surface area (Å²) in [4.78, 5) is 36.3. The molecule has 6 nitrogen and oxygen atoms in total. The van der Waals surface area contributed by atoms with Gasteiger partial charge in [-0.05, 0) is 31.6 Å². The number of carbonyl (C=O) groups is 3. The summed E-state index contributed by atoms with van der Waals surface area (Å²) in [7, 11) is 0. The highest BCUT2D eigenvalue weighted by Gasteiger charge is 2.29. The molecule has 128 valence electrons. The van der Waals surface area contributed by atoms with Crippen molar-refractivity contribution < 1.29 is 14.4 Å². The highest BCUT2D eigenvalue weighted by Crippen LogP contribution is 2.26. The van der Waals surface area contributed by atoms with Crippen LogP contribution in [0.2, 0.25) is 0 Å². The van der Waals surface area contributed by atoms with Crippen LogP contribution >= 0.6 is 0 Å². The maximum Gasteiger partial charge on any atom is 0.253 e. The lowest BCUT2D eigenvalue weighted by molar-refractivity contribution is -0.137. The lowest BCUT2D eigenvalue weighted by Gasteiger charge is -2.31. The van der Waals surface area contributed by atoms with Gasteiger partial charge in [0.2, 0.25) is 5.91 Å². The van der Waals surface area contributed by atoms with Gasteiger partial charge >= 0.3 is 0 Å². The minimum absolute atomic E-state index is 0.0932. The first kappa shape index (κ1) is 17.7. The fourth-order valence-electron chi connectivity index (χ4n) is 3.13. The third-order valence-corrected chi connectivity index (χ3v) is 4.46. The molecule has 0 aromatic carbocycles. The summed E-state index contributed by atoms with van der Waals surface area (Å²) < 4.78 is 0. The van der Waals surface area contributed by atoms with Crippen LogP contribution in [0.15, 0.2) is 12.2 Å². The second-order valence-corrected chi connectivity index (χ2v) is 6.76. The van der Waals surface area contributed by atoms with Crippen LogP contribution < -0.4 is 10.6 Å². The molecule has 3 amide bonds. The third kappa shape index (κ3) is 5.46. The molecule has 1 fully saturated rings. The summed E-state index contributed by atoms with van der Waals surface area (Å²) in [5, 5.41) is 6.32. The molecule has 2 N–H and O–H groups in total. The van der Waals surface area contributed by atoms with Crippen molar-refractivity contribution in [1.82, 2.24) is 15.5 Å². The highest BCUT2D eigenvalue weighted by molar-refractivity contribution is 6.12. The zero-order chi connectivity index (χ0) is 16.8. The van der Waals surface area contributed by atoms with Crippen LogP contribution in [0.25, 0.3) is 0 Å². The normalized spacial score (nSPS) is 24.6. The first-order chi connectivity index (χ1) is 11.0. The predicted octanol–water partition coefficient (Wildman–Crippen LogP) is 0.974. The molecular formula is C17H27N3O3. The van der Waals surface area contributed by atoms with Crippen molar-refractivity contribution in [3.63, 3.8) is 0 Å². The van der Waals surface area contributed by atoms with Gasteiger partial charge in [-0.25, -0.2) is 0 Å². The third-order valence-electron chi connectivity index (χ3n) is 4.46. The summed E-state index contributed by atoms with van der Waals surface area (Å²) in [5.74, 6) is 0.0282. The maximum atomic E-state index is 11.9. The molecule has 0 aromatic rings. The van der Waals surface area contributed by atoms with E-state index in [1.54, 1.807) is 0 Å². The van der Waals surface area contributed by atoms with Gasteiger partial charge in [0, 0.05) is 43.7 Å². The number of imide groups is 1. The van der Waals surface area contributed by atoms with Crippen LogP contribution in [0.4, 0.5) is 0 Å². The van der Waals surface area contributed by atoms with Crippen molar-refractivity contribution in [3.8, 4) is 0 Å². The van der Waals surface area contributed by atoms with Crippen LogP contribution in [0, 0.1) is 5.92 Å². The smallest absolute Gasteiger partial charge is 0.253 e. The van der Waals surface area contributed by atoms with Gasteiger partial charge in [-0.2, -0.15) is 0 Å². The Morgan fingerprint density at radius 3 is 2.35 bits per heavy atom. The summed E-state index contributed by atoms with van der Waals surface area (Å²) in [6.07, 6.45) is 6.87. The van der Waals surface area contributed by atoms with E-state index in [9.17, 15) is 14.4 Å². The monoisotopic (exact) mass is 321 g/mol. The van der Waals surface area contributed by atoms with E-state index in [1.807, 2.05) is 0 Å². The summed E-state index contributed by atoms with van der Waals surface area (Å²) >= 11 is 0. The number of hydrogen-bond acceptors (Lipinski definition) is 4. The topological polar surface area (TPSA) is 78.5 Å². The first-order valence-electron chi connectivity index (χ1n) is 8.52. The minimum atomic E-state index is -0.205. The highest BCUT2D eigenvalue weighted by atomic mass is 16.2. The van der Waals surface area contributed by atoms with Gasteiger partial charge in [-0.3, -0.25) is 19.3 Å². The van der Waals surface area contributed by atoms with Crippen LogP contribution in [0.3, 0.4) is 0 Å². The Bertz CT molecular complexity index is 461. The van der Waals surface area contributed by atoms with Crippen LogP contribution in [0.1, 0.15) is 46.0 Å². The van der Waals surface area contributed by atoms with Gasteiger partial charge < -0.3 is 10.6 Å². The Morgan fingerprint density at radius 1 is 1.17 bits per heavy atom. The second-order valence-electron chi connectivity index (χ2n) is 6.76. The maximum absolute atomic E-state index is 11.9. The van der Waals surface area contributed by atoms with Crippen LogP contribution in [-0.2, 0) is 14.4 Å². The average molecular weight is 321 g/mol. The van der Waals surface area contributed by atoms with Crippen molar-refractivity contribution in [2.24, 2.45) is 5.92 Å². The van der Waals surface area contributed by atoms with Crippen molar-refractivity contribution in [2.45, 2.75) is 58.0 Å². The zero-order valence-electron chi connectivity index (χ0n) is 14.0. The van der Waals surface area contributed by atoms with E-state index in [0.717, 1.165) is 25.7 Å². The van der Waals surface area contributed by atoms with Crippen LogP contribution in [-0.4, -0.2) is 47.8 Å². The SMILES string of the molecule is CC(C)NCCC(=O)NC1CCC(CN2C(=O)C=CC2=O)CC1. The molecule has 0 bridgehead atoms. The predicted molar refractivity (Wildman–Crippen MR) is 87.5 cm³/mol. The molecule has 0 atom stereocenters. The molecular weight excluding hydrogens is 294 g/mol. The number of nitrogens with one attached hydrogen (secondary N) is 2. The van der Waals surface area contributed by atoms with Gasteiger partial charge in [0.05, 0.1) is 0 Å². The van der Waals surface area contributed by atoms with Gasteiger partial charge in [0.1, 0.15) is 0 Å². The molecule has 0 unspecified atom stereocenters. The van der Waals surface area contributed by atoms with E-state index >= 15 is 0 Å². The van der Waals surface area contributed by atoms with E-state index in [0.29, 0.717) is 31.5 Å². The summed E-state index contributed by atoms with van der Waals surface area (Å²) in [6.45, 7) is 5.32. The van der Waals surface area contributed by atoms with Gasteiger partial charge in [0.15, 0.2) is 0 Å². The van der Waals surface area contributed by atoms with Crippen molar-refractivity contribution in [2.75, 3.05) is 13.1 Å². The molecule has 6 heteroatoms. The quantitative estimate of drug-likeness (QED) is 0.685. The Kier molecular flexibility index (Phi) is 6.33. The lowest BCUT2D eigenvalue weighted by atomic mass is 9.85. The number of hydrogen-bond donors (Lipinski definition) is 2. The number of amides is 3. The molecule has 0 saturated heterocycles. The standard InChI is InChI=1S/C17H27N3O3/c1-12(2)18-10-9-15(21)19-14-5-3-13(4-6-14)11-20-16(22)7-8-17(20)23/h7-8,12-14,18H,3-6,9-11H2,1-2H3,(H,19,21). The summed E-state index contributed by atoms with van der Waals surface area (Å²) in [6, 6.07) is 0.615. The molecule has 1 aliphatic heterocycles. The fraction of sp³-hybridized carbons (Fsp3) is 0.706. The second kappa shape index (κ2) is 8.24. The Hall–Kier alpha value is -1.69. The molecule has 1 heterocycles. The number of carbonyl (C=O) groups excluding carboxylic acids is 3. The van der Waals surface area contributed by atoms with Gasteiger partial charge in [-0.1, -0.05) is 13.8 Å². The van der Waals surface area contributed by atoms with Crippen molar-refractivity contribution >= 4 is 17.7 Å². The lowest BCUT2D eigenvalue weighted by Crippen LogP contribution is -2.41. The molecule has 2 aliphatic rings. The van der Waals surface area contributed by atoms with E-state index < -0.39 is 0 Å². The average Bonchev–Trinajstić information content (AvgIpc) is 2.80. The molecule has 1 aliphatic carbocycles. The molecule has 0 spiro atoms. The fourth-order valence-corrected chi connectivity index (χ4v) is 3.13. The summed E-state index contributed by atoms with van der Waals surface area (Å²) in [5.41, 5.74) is 0. The zero-order valence-corrected chi connectivity index (χ0v) is 14.0. The largest absolute Gasteiger partial charge is 0.353 e. The molecule has 1 saturated carbocycles.